The van der Waals surface area contributed by atoms with Crippen LogP contribution in [0.15, 0.2) is 78.9 Å². The molecule has 3 aromatic rings. The van der Waals surface area contributed by atoms with Crippen LogP contribution in [0.2, 0.25) is 0 Å². The number of hydrogen-bond donors (Lipinski definition) is 0. The van der Waals surface area contributed by atoms with E-state index in [-0.39, 0.29) is 0 Å². The molecule has 0 saturated heterocycles. The molecular formula is C21H18. The van der Waals surface area contributed by atoms with E-state index in [1.54, 1.807) is 0 Å². The predicted octanol–water partition coefficient (Wildman–Crippen LogP) is 5.43. The minimum absolute atomic E-state index is 0.560. The summed E-state index contributed by atoms with van der Waals surface area (Å²) in [6.45, 7) is 0. The van der Waals surface area contributed by atoms with Crippen molar-refractivity contribution in [1.29, 1.82) is 0 Å². The van der Waals surface area contributed by atoms with Gasteiger partial charge in [-0.1, -0.05) is 78.9 Å². The van der Waals surface area contributed by atoms with E-state index >= 15 is 0 Å². The van der Waals surface area contributed by atoms with Crippen molar-refractivity contribution >= 4 is 0 Å². The molecule has 0 N–H and O–H groups in total. The Morgan fingerprint density at radius 1 is 0.667 bits per heavy atom. The van der Waals surface area contributed by atoms with Gasteiger partial charge in [-0.2, -0.15) is 0 Å². The van der Waals surface area contributed by atoms with E-state index in [1.807, 2.05) is 0 Å². The highest BCUT2D eigenvalue weighted by Crippen LogP contribution is 2.39. The van der Waals surface area contributed by atoms with Crippen LogP contribution in [-0.4, -0.2) is 0 Å². The number of hydrogen-bond acceptors (Lipinski definition) is 0. The molecular weight excluding hydrogens is 252 g/mol. The quantitative estimate of drug-likeness (QED) is 0.582. The number of rotatable bonds is 2. The third-order valence-electron chi connectivity index (χ3n) is 4.53. The highest BCUT2D eigenvalue weighted by molar-refractivity contribution is 5.66. The maximum Gasteiger partial charge on any atom is 0.00954 e. The molecule has 1 unspecified atom stereocenters. The Balaban J connectivity index is 1.78. The molecule has 3 aromatic carbocycles. The first kappa shape index (κ1) is 12.4. The molecule has 4 rings (SSSR count). The second-order valence-corrected chi connectivity index (χ2v) is 5.78. The average molecular weight is 270 g/mol. The summed E-state index contributed by atoms with van der Waals surface area (Å²) in [6, 6.07) is 28.6. The van der Waals surface area contributed by atoms with Gasteiger partial charge >= 0.3 is 0 Å². The molecule has 102 valence electrons. The van der Waals surface area contributed by atoms with E-state index in [0.717, 1.165) is 0 Å². The lowest BCUT2D eigenvalue weighted by Crippen LogP contribution is -1.96. The monoisotopic (exact) mass is 270 g/mol. The molecule has 0 radical (unpaired) electrons. The summed E-state index contributed by atoms with van der Waals surface area (Å²) in [5.41, 5.74) is 7.11. The van der Waals surface area contributed by atoms with Crippen molar-refractivity contribution in [3.05, 3.63) is 95.6 Å². The fourth-order valence-electron chi connectivity index (χ4n) is 3.44. The predicted molar refractivity (Wildman–Crippen MR) is 88.5 cm³/mol. The fraction of sp³-hybridized carbons (Fsp3) is 0.143. The smallest absolute Gasteiger partial charge is 0.00954 e. The van der Waals surface area contributed by atoms with Crippen molar-refractivity contribution in [3.63, 3.8) is 0 Å². The number of fused-ring (bicyclic) bond motifs is 1. The molecule has 1 atom stereocenters. The number of aryl methyl sites for hydroxylation is 1. The molecule has 0 amide bonds. The van der Waals surface area contributed by atoms with Crippen LogP contribution in [0.5, 0.6) is 0 Å². The first-order valence-corrected chi connectivity index (χ1v) is 7.65. The van der Waals surface area contributed by atoms with E-state index in [9.17, 15) is 0 Å². The van der Waals surface area contributed by atoms with Gasteiger partial charge in [0.1, 0.15) is 0 Å². The third kappa shape index (κ3) is 2.27. The molecule has 0 heteroatoms. The molecule has 0 bridgehead atoms. The van der Waals surface area contributed by atoms with Gasteiger partial charge in [0.15, 0.2) is 0 Å². The second kappa shape index (κ2) is 5.21. The summed E-state index contributed by atoms with van der Waals surface area (Å²) >= 11 is 0. The zero-order valence-electron chi connectivity index (χ0n) is 12.0. The average Bonchev–Trinajstić information content (AvgIpc) is 2.99. The molecule has 0 aromatic heterocycles. The van der Waals surface area contributed by atoms with Gasteiger partial charge in [-0.15, -0.1) is 0 Å². The lowest BCUT2D eigenvalue weighted by atomic mass is 9.91. The van der Waals surface area contributed by atoms with Gasteiger partial charge in [-0.05, 0) is 40.7 Å². The molecule has 0 heterocycles. The van der Waals surface area contributed by atoms with Crippen molar-refractivity contribution in [2.24, 2.45) is 0 Å². The SMILES string of the molecule is c1ccc(-c2ccc3c(c2)C(c2ccccc2)CC3)cc1. The Morgan fingerprint density at radius 2 is 1.38 bits per heavy atom. The summed E-state index contributed by atoms with van der Waals surface area (Å²) in [7, 11) is 0. The first-order valence-electron chi connectivity index (χ1n) is 7.65. The maximum atomic E-state index is 2.40. The van der Waals surface area contributed by atoms with Crippen molar-refractivity contribution < 1.29 is 0 Å². The Kier molecular flexibility index (Phi) is 3.08. The zero-order valence-corrected chi connectivity index (χ0v) is 12.0. The molecule has 0 aliphatic heterocycles. The van der Waals surface area contributed by atoms with E-state index in [2.05, 4.69) is 78.9 Å². The van der Waals surface area contributed by atoms with Crippen molar-refractivity contribution in [1.82, 2.24) is 0 Å². The highest BCUT2D eigenvalue weighted by atomic mass is 14.3. The van der Waals surface area contributed by atoms with Crippen molar-refractivity contribution in [2.45, 2.75) is 18.8 Å². The summed E-state index contributed by atoms with van der Waals surface area (Å²) in [5, 5.41) is 0. The van der Waals surface area contributed by atoms with Crippen LogP contribution >= 0.6 is 0 Å². The summed E-state index contributed by atoms with van der Waals surface area (Å²) in [6.07, 6.45) is 2.43. The van der Waals surface area contributed by atoms with E-state index in [0.29, 0.717) is 5.92 Å². The Hall–Kier alpha value is -2.34. The summed E-state index contributed by atoms with van der Waals surface area (Å²) < 4.78 is 0. The topological polar surface area (TPSA) is 0 Å². The van der Waals surface area contributed by atoms with Gasteiger partial charge in [0.2, 0.25) is 0 Å². The minimum atomic E-state index is 0.560. The van der Waals surface area contributed by atoms with E-state index in [4.69, 9.17) is 0 Å². The molecule has 0 nitrogen and oxygen atoms in total. The summed E-state index contributed by atoms with van der Waals surface area (Å²) in [5.74, 6) is 0.560. The Morgan fingerprint density at radius 3 is 2.14 bits per heavy atom. The minimum Gasteiger partial charge on any atom is -0.0622 e. The standard InChI is InChI=1S/C21H18/c1-3-7-16(8-4-1)19-12-11-18-13-14-20(21(18)15-19)17-9-5-2-6-10-17/h1-12,15,20H,13-14H2. The fourth-order valence-corrected chi connectivity index (χ4v) is 3.44. The van der Waals surface area contributed by atoms with Gasteiger partial charge < -0.3 is 0 Å². The highest BCUT2D eigenvalue weighted by Gasteiger charge is 2.24. The Labute approximate surface area is 126 Å². The van der Waals surface area contributed by atoms with Crippen LogP contribution in [0.25, 0.3) is 11.1 Å². The molecule has 0 spiro atoms. The third-order valence-corrected chi connectivity index (χ3v) is 4.53. The van der Waals surface area contributed by atoms with Gasteiger partial charge in [0, 0.05) is 5.92 Å². The van der Waals surface area contributed by atoms with Gasteiger partial charge in [-0.25, -0.2) is 0 Å². The first-order chi connectivity index (χ1) is 10.4. The van der Waals surface area contributed by atoms with Crippen LogP contribution in [-0.2, 0) is 6.42 Å². The van der Waals surface area contributed by atoms with Crippen molar-refractivity contribution in [3.8, 4) is 11.1 Å². The Bertz CT molecular complexity index is 742. The van der Waals surface area contributed by atoms with Crippen LogP contribution < -0.4 is 0 Å². The van der Waals surface area contributed by atoms with Crippen LogP contribution in [0.3, 0.4) is 0 Å². The number of benzene rings is 3. The van der Waals surface area contributed by atoms with Crippen LogP contribution in [0.1, 0.15) is 29.0 Å². The van der Waals surface area contributed by atoms with E-state index < -0.39 is 0 Å². The van der Waals surface area contributed by atoms with Crippen LogP contribution in [0, 0.1) is 0 Å². The largest absolute Gasteiger partial charge is 0.0622 e. The molecule has 1 aliphatic carbocycles. The molecule has 0 saturated carbocycles. The lowest BCUT2D eigenvalue weighted by molar-refractivity contribution is 0.788. The van der Waals surface area contributed by atoms with Gasteiger partial charge in [-0.3, -0.25) is 0 Å². The van der Waals surface area contributed by atoms with Crippen molar-refractivity contribution in [2.75, 3.05) is 0 Å². The normalized spacial score (nSPS) is 16.7. The molecule has 0 fully saturated rings. The van der Waals surface area contributed by atoms with E-state index in [1.165, 1.54) is 40.7 Å². The van der Waals surface area contributed by atoms with Gasteiger partial charge in [0.05, 0.1) is 0 Å². The second-order valence-electron chi connectivity index (χ2n) is 5.78. The van der Waals surface area contributed by atoms with Gasteiger partial charge in [0.25, 0.3) is 0 Å². The molecule has 21 heavy (non-hydrogen) atoms. The zero-order chi connectivity index (χ0) is 14.1. The van der Waals surface area contributed by atoms with Crippen LogP contribution in [0.4, 0.5) is 0 Å². The summed E-state index contributed by atoms with van der Waals surface area (Å²) in [4.78, 5) is 0. The lowest BCUT2D eigenvalue weighted by Gasteiger charge is -2.13. The molecule has 1 aliphatic rings. The maximum absolute atomic E-state index is 2.40.